The summed E-state index contributed by atoms with van der Waals surface area (Å²) in [6, 6.07) is 0. The van der Waals surface area contributed by atoms with Crippen LogP contribution in [0.15, 0.2) is 0 Å². The molecule has 0 amide bonds. The Kier molecular flexibility index (Phi) is 5.72. The molecule has 0 aliphatic rings. The molecule has 12 heavy (non-hydrogen) atoms. The fraction of sp³-hybridized carbons (Fsp3) is 0.889. The predicted molar refractivity (Wildman–Crippen MR) is 46.7 cm³/mol. The fourth-order valence-corrected chi connectivity index (χ4v) is 0.741. The van der Waals surface area contributed by atoms with Gasteiger partial charge in [-0.3, -0.25) is 4.79 Å². The number of carbonyl (C=O) groups excluding carboxylic acids is 1. The van der Waals surface area contributed by atoms with E-state index in [2.05, 4.69) is 0 Å². The van der Waals surface area contributed by atoms with Gasteiger partial charge in [0.2, 0.25) is 6.29 Å². The van der Waals surface area contributed by atoms with Crippen LogP contribution >= 0.6 is 0 Å². The van der Waals surface area contributed by atoms with Gasteiger partial charge < -0.3 is 9.47 Å². The maximum atomic E-state index is 10.9. The fourth-order valence-electron chi connectivity index (χ4n) is 0.741. The van der Waals surface area contributed by atoms with Gasteiger partial charge in [0.25, 0.3) is 0 Å². The lowest BCUT2D eigenvalue weighted by molar-refractivity contribution is -0.186. The smallest absolute Gasteiger partial charge is 0.307 e. The summed E-state index contributed by atoms with van der Waals surface area (Å²) in [4.78, 5) is 10.9. The SMILES string of the molecule is CCC(=O)OC(CC)OC(C)C. The zero-order valence-electron chi connectivity index (χ0n) is 8.29. The van der Waals surface area contributed by atoms with E-state index < -0.39 is 0 Å². The van der Waals surface area contributed by atoms with Crippen molar-refractivity contribution in [2.75, 3.05) is 0 Å². The number of rotatable bonds is 5. The third kappa shape index (κ3) is 5.13. The van der Waals surface area contributed by atoms with Crippen molar-refractivity contribution in [3.8, 4) is 0 Å². The number of esters is 1. The summed E-state index contributed by atoms with van der Waals surface area (Å²) < 4.78 is 10.3. The van der Waals surface area contributed by atoms with E-state index in [9.17, 15) is 4.79 Å². The molecule has 72 valence electrons. The zero-order valence-corrected chi connectivity index (χ0v) is 8.29. The van der Waals surface area contributed by atoms with Gasteiger partial charge >= 0.3 is 5.97 Å². The molecule has 0 heterocycles. The second kappa shape index (κ2) is 6.00. The Bertz CT molecular complexity index is 132. The molecule has 0 aromatic heterocycles. The van der Waals surface area contributed by atoms with Crippen molar-refractivity contribution in [3.63, 3.8) is 0 Å². The van der Waals surface area contributed by atoms with Gasteiger partial charge in [-0.05, 0) is 13.8 Å². The molecule has 0 saturated carbocycles. The van der Waals surface area contributed by atoms with Crippen molar-refractivity contribution >= 4 is 5.97 Å². The summed E-state index contributed by atoms with van der Waals surface area (Å²) in [5.41, 5.74) is 0. The quantitative estimate of drug-likeness (QED) is 0.473. The molecule has 0 aromatic rings. The first-order valence-electron chi connectivity index (χ1n) is 4.45. The van der Waals surface area contributed by atoms with E-state index in [0.29, 0.717) is 12.8 Å². The molecule has 0 aromatic carbocycles. The molecular formula is C9H18O3. The monoisotopic (exact) mass is 174 g/mol. The summed E-state index contributed by atoms with van der Waals surface area (Å²) >= 11 is 0. The van der Waals surface area contributed by atoms with Gasteiger partial charge in [-0.25, -0.2) is 0 Å². The van der Waals surface area contributed by atoms with E-state index in [1.165, 1.54) is 0 Å². The molecule has 1 unspecified atom stereocenters. The number of hydrogen-bond acceptors (Lipinski definition) is 3. The molecule has 0 aliphatic carbocycles. The van der Waals surface area contributed by atoms with E-state index >= 15 is 0 Å². The lowest BCUT2D eigenvalue weighted by Gasteiger charge is -2.18. The standard InChI is InChI=1S/C9H18O3/c1-5-8(10)12-9(6-2)11-7(3)4/h7,9H,5-6H2,1-4H3. The van der Waals surface area contributed by atoms with Crippen LogP contribution in [-0.4, -0.2) is 18.4 Å². The Morgan fingerprint density at radius 3 is 2.25 bits per heavy atom. The first-order chi connectivity index (χ1) is 5.60. The highest BCUT2D eigenvalue weighted by Crippen LogP contribution is 2.05. The molecule has 0 bridgehead atoms. The lowest BCUT2D eigenvalue weighted by Crippen LogP contribution is -2.23. The highest BCUT2D eigenvalue weighted by Gasteiger charge is 2.12. The van der Waals surface area contributed by atoms with Gasteiger partial charge in [0, 0.05) is 12.8 Å². The van der Waals surface area contributed by atoms with Crippen LogP contribution in [-0.2, 0) is 14.3 Å². The van der Waals surface area contributed by atoms with E-state index in [-0.39, 0.29) is 18.4 Å². The molecule has 0 radical (unpaired) electrons. The molecule has 0 spiro atoms. The van der Waals surface area contributed by atoms with Crippen LogP contribution < -0.4 is 0 Å². The van der Waals surface area contributed by atoms with Crippen LogP contribution in [0.2, 0.25) is 0 Å². The third-order valence-corrected chi connectivity index (χ3v) is 1.31. The van der Waals surface area contributed by atoms with Gasteiger partial charge in [0.1, 0.15) is 0 Å². The molecule has 3 heteroatoms. The average Bonchev–Trinajstić information content (AvgIpc) is 2.02. The lowest BCUT2D eigenvalue weighted by atomic mass is 10.4. The molecule has 0 fully saturated rings. The number of hydrogen-bond donors (Lipinski definition) is 0. The van der Waals surface area contributed by atoms with Crippen LogP contribution in [0.25, 0.3) is 0 Å². The van der Waals surface area contributed by atoms with Gasteiger partial charge in [-0.1, -0.05) is 13.8 Å². The second-order valence-corrected chi connectivity index (χ2v) is 2.87. The minimum Gasteiger partial charge on any atom is -0.436 e. The summed E-state index contributed by atoms with van der Waals surface area (Å²) in [6.45, 7) is 7.53. The first-order valence-corrected chi connectivity index (χ1v) is 4.45. The third-order valence-electron chi connectivity index (χ3n) is 1.31. The van der Waals surface area contributed by atoms with Crippen LogP contribution in [0.4, 0.5) is 0 Å². The van der Waals surface area contributed by atoms with Crippen molar-refractivity contribution in [1.29, 1.82) is 0 Å². The molecular weight excluding hydrogens is 156 g/mol. The van der Waals surface area contributed by atoms with Crippen molar-refractivity contribution in [3.05, 3.63) is 0 Å². The van der Waals surface area contributed by atoms with Crippen molar-refractivity contribution < 1.29 is 14.3 Å². The molecule has 0 N–H and O–H groups in total. The molecule has 0 saturated heterocycles. The minimum absolute atomic E-state index is 0.0969. The minimum atomic E-state index is -0.377. The van der Waals surface area contributed by atoms with E-state index in [1.54, 1.807) is 6.92 Å². The Balaban J connectivity index is 3.74. The van der Waals surface area contributed by atoms with Gasteiger partial charge in [-0.15, -0.1) is 0 Å². The van der Waals surface area contributed by atoms with Crippen molar-refractivity contribution in [2.45, 2.75) is 52.9 Å². The topological polar surface area (TPSA) is 35.5 Å². The Morgan fingerprint density at radius 2 is 1.92 bits per heavy atom. The van der Waals surface area contributed by atoms with E-state index in [0.717, 1.165) is 0 Å². The molecule has 0 aliphatic heterocycles. The van der Waals surface area contributed by atoms with Crippen LogP contribution in [0.5, 0.6) is 0 Å². The van der Waals surface area contributed by atoms with Gasteiger partial charge in [-0.2, -0.15) is 0 Å². The summed E-state index contributed by atoms with van der Waals surface area (Å²) in [5, 5.41) is 0. The normalized spacial score (nSPS) is 13.1. The van der Waals surface area contributed by atoms with Crippen LogP contribution in [0.3, 0.4) is 0 Å². The zero-order chi connectivity index (χ0) is 9.56. The Labute approximate surface area is 74.0 Å². The first kappa shape index (κ1) is 11.4. The summed E-state index contributed by atoms with van der Waals surface area (Å²) in [6.07, 6.45) is 0.819. The molecule has 1 atom stereocenters. The second-order valence-electron chi connectivity index (χ2n) is 2.87. The summed E-state index contributed by atoms with van der Waals surface area (Å²) in [7, 11) is 0. The van der Waals surface area contributed by atoms with E-state index in [4.69, 9.17) is 9.47 Å². The Morgan fingerprint density at radius 1 is 1.33 bits per heavy atom. The highest BCUT2D eigenvalue weighted by molar-refractivity contribution is 5.68. The Hall–Kier alpha value is -0.570. The van der Waals surface area contributed by atoms with Crippen LogP contribution in [0, 0.1) is 0 Å². The predicted octanol–water partition coefficient (Wildman–Crippen LogP) is 2.10. The maximum absolute atomic E-state index is 10.9. The van der Waals surface area contributed by atoms with Gasteiger partial charge in [0.15, 0.2) is 0 Å². The van der Waals surface area contributed by atoms with Crippen LogP contribution in [0.1, 0.15) is 40.5 Å². The largest absolute Gasteiger partial charge is 0.436 e. The van der Waals surface area contributed by atoms with Crippen molar-refractivity contribution in [1.82, 2.24) is 0 Å². The van der Waals surface area contributed by atoms with E-state index in [1.807, 2.05) is 20.8 Å². The average molecular weight is 174 g/mol. The maximum Gasteiger partial charge on any atom is 0.307 e. The highest BCUT2D eigenvalue weighted by atomic mass is 16.7. The van der Waals surface area contributed by atoms with Gasteiger partial charge in [0.05, 0.1) is 6.10 Å². The number of carbonyl (C=O) groups is 1. The molecule has 0 rings (SSSR count). The molecule has 3 nitrogen and oxygen atoms in total. The number of ether oxygens (including phenoxy) is 2. The summed E-state index contributed by atoms with van der Waals surface area (Å²) in [5.74, 6) is -0.206. The van der Waals surface area contributed by atoms with Crippen molar-refractivity contribution in [2.24, 2.45) is 0 Å².